The van der Waals surface area contributed by atoms with Crippen LogP contribution in [0.2, 0.25) is 5.02 Å². The van der Waals surface area contributed by atoms with Gasteiger partial charge in [-0.1, -0.05) is 23.4 Å². The zero-order chi connectivity index (χ0) is 17.6. The molecule has 0 bridgehead atoms. The van der Waals surface area contributed by atoms with Crippen LogP contribution in [0, 0.1) is 0 Å². The van der Waals surface area contributed by atoms with E-state index in [0.717, 1.165) is 25.8 Å². The summed E-state index contributed by atoms with van der Waals surface area (Å²) in [5.74, 6) is 0.0883. The van der Waals surface area contributed by atoms with Crippen LogP contribution in [0.5, 0.6) is 0 Å². The molecule has 2 heterocycles. The van der Waals surface area contributed by atoms with E-state index < -0.39 is 0 Å². The van der Waals surface area contributed by atoms with Crippen LogP contribution in [0.4, 0.5) is 5.69 Å². The number of amides is 1. The zero-order valence-corrected chi connectivity index (χ0v) is 15.6. The predicted octanol–water partition coefficient (Wildman–Crippen LogP) is 4.98. The van der Waals surface area contributed by atoms with Gasteiger partial charge in [0.15, 0.2) is 10.1 Å². The molecule has 4 rings (SSSR count). The highest BCUT2D eigenvalue weighted by molar-refractivity contribution is 8.01. The van der Waals surface area contributed by atoms with Crippen LogP contribution >= 0.6 is 34.7 Å². The quantitative estimate of drug-likeness (QED) is 0.505. The number of carbonyl (C=O) groups excluding carboxylic acids is 2. The lowest BCUT2D eigenvalue weighted by molar-refractivity contribution is -0.116. The number of rotatable bonds is 4. The maximum Gasteiger partial charge on any atom is 0.231 e. The monoisotopic (exact) mass is 388 g/mol. The van der Waals surface area contributed by atoms with E-state index in [4.69, 9.17) is 11.6 Å². The highest BCUT2D eigenvalue weighted by Gasteiger charge is 2.27. The van der Waals surface area contributed by atoms with Gasteiger partial charge >= 0.3 is 0 Å². The fourth-order valence-corrected chi connectivity index (χ4v) is 4.85. The third-order valence-electron chi connectivity index (χ3n) is 4.15. The number of halogens is 1. The van der Waals surface area contributed by atoms with E-state index in [2.05, 4.69) is 10.3 Å². The third-order valence-corrected chi connectivity index (χ3v) is 6.56. The Morgan fingerprint density at radius 3 is 3.00 bits per heavy atom. The molecule has 1 aliphatic heterocycles. The number of Topliss-reactive ketones (excluding diaryl/α,β-unsaturated/α-hetero) is 1. The van der Waals surface area contributed by atoms with Crippen molar-refractivity contribution in [3.05, 3.63) is 52.5 Å². The summed E-state index contributed by atoms with van der Waals surface area (Å²) in [7, 11) is 0. The SMILES string of the molecule is C[C@H]1C(=O)Nc2ccc(C(=O)CSc3nc4cc(Cl)ccc4s3)cc21. The summed E-state index contributed by atoms with van der Waals surface area (Å²) in [6.45, 7) is 1.84. The molecule has 0 saturated carbocycles. The van der Waals surface area contributed by atoms with Gasteiger partial charge in [-0.3, -0.25) is 9.59 Å². The Hall–Kier alpha value is -1.89. The number of nitrogens with zero attached hydrogens (tertiary/aromatic N) is 1. The molecule has 126 valence electrons. The highest BCUT2D eigenvalue weighted by atomic mass is 35.5. The first-order valence-corrected chi connectivity index (χ1v) is 9.86. The molecule has 0 unspecified atom stereocenters. The number of fused-ring (bicyclic) bond motifs is 2. The van der Waals surface area contributed by atoms with Gasteiger partial charge in [0.05, 0.1) is 21.9 Å². The van der Waals surface area contributed by atoms with Gasteiger partial charge in [0, 0.05) is 16.3 Å². The van der Waals surface area contributed by atoms with Crippen LogP contribution in [0.25, 0.3) is 10.2 Å². The van der Waals surface area contributed by atoms with Gasteiger partial charge in [-0.25, -0.2) is 4.98 Å². The Bertz CT molecular complexity index is 1020. The number of thiazole rings is 1. The number of benzene rings is 2. The fourth-order valence-electron chi connectivity index (χ4n) is 2.74. The van der Waals surface area contributed by atoms with Crippen LogP contribution in [0.3, 0.4) is 0 Å². The zero-order valence-electron chi connectivity index (χ0n) is 13.2. The van der Waals surface area contributed by atoms with Gasteiger partial charge in [-0.05, 0) is 48.9 Å². The number of anilines is 1. The number of aromatic nitrogens is 1. The van der Waals surface area contributed by atoms with E-state index in [1.54, 1.807) is 23.5 Å². The number of hydrogen-bond acceptors (Lipinski definition) is 5. The van der Waals surface area contributed by atoms with Crippen LogP contribution in [0.1, 0.15) is 28.8 Å². The van der Waals surface area contributed by atoms with Crippen molar-refractivity contribution in [2.75, 3.05) is 11.1 Å². The Morgan fingerprint density at radius 1 is 1.32 bits per heavy atom. The van der Waals surface area contributed by atoms with Gasteiger partial charge in [-0.2, -0.15) is 0 Å². The van der Waals surface area contributed by atoms with Crippen LogP contribution < -0.4 is 5.32 Å². The number of hydrogen-bond donors (Lipinski definition) is 1. The minimum Gasteiger partial charge on any atom is -0.325 e. The molecule has 1 amide bonds. The summed E-state index contributed by atoms with van der Waals surface area (Å²) >= 11 is 8.95. The van der Waals surface area contributed by atoms with Crippen LogP contribution in [-0.2, 0) is 4.79 Å². The lowest BCUT2D eigenvalue weighted by Crippen LogP contribution is -2.08. The number of thioether (sulfide) groups is 1. The predicted molar refractivity (Wildman–Crippen MR) is 103 cm³/mol. The summed E-state index contributed by atoms with van der Waals surface area (Å²) in [5.41, 5.74) is 3.15. The summed E-state index contributed by atoms with van der Waals surface area (Å²) in [5, 5.41) is 3.47. The minimum atomic E-state index is -0.218. The van der Waals surface area contributed by atoms with Crippen molar-refractivity contribution in [2.45, 2.75) is 17.2 Å². The van der Waals surface area contributed by atoms with Crippen molar-refractivity contribution < 1.29 is 9.59 Å². The molecule has 7 heteroatoms. The molecule has 0 fully saturated rings. The lowest BCUT2D eigenvalue weighted by atomic mass is 9.99. The Balaban J connectivity index is 1.49. The molecule has 0 radical (unpaired) electrons. The maximum atomic E-state index is 12.5. The average Bonchev–Trinajstić information content (AvgIpc) is 3.13. The van der Waals surface area contributed by atoms with E-state index >= 15 is 0 Å². The largest absolute Gasteiger partial charge is 0.325 e. The van der Waals surface area contributed by atoms with E-state index in [-0.39, 0.29) is 17.6 Å². The molecule has 1 aliphatic rings. The fraction of sp³-hybridized carbons (Fsp3) is 0.167. The first kappa shape index (κ1) is 16.6. The van der Waals surface area contributed by atoms with Gasteiger partial charge in [0.2, 0.25) is 5.91 Å². The standard InChI is InChI=1S/C18H13ClN2O2S2/c1-9-12-6-10(2-4-13(12)20-17(9)23)15(22)8-24-18-21-14-7-11(19)3-5-16(14)25-18/h2-7,9H,8H2,1H3,(H,20,23)/t9-/m1/s1. The molecule has 1 atom stereocenters. The molecule has 0 saturated heterocycles. The molecule has 3 aromatic rings. The molecule has 0 aliphatic carbocycles. The van der Waals surface area contributed by atoms with Crippen LogP contribution in [0.15, 0.2) is 40.7 Å². The van der Waals surface area contributed by atoms with E-state index in [1.807, 2.05) is 31.2 Å². The third kappa shape index (κ3) is 3.17. The smallest absolute Gasteiger partial charge is 0.231 e. The molecule has 25 heavy (non-hydrogen) atoms. The Labute approximate surface area is 157 Å². The van der Waals surface area contributed by atoms with Gasteiger partial charge < -0.3 is 5.32 Å². The maximum absolute atomic E-state index is 12.5. The van der Waals surface area contributed by atoms with Crippen molar-refractivity contribution in [1.82, 2.24) is 4.98 Å². The normalized spacial score (nSPS) is 16.1. The van der Waals surface area contributed by atoms with Crippen molar-refractivity contribution in [2.24, 2.45) is 0 Å². The highest BCUT2D eigenvalue weighted by Crippen LogP contribution is 2.34. The molecule has 1 N–H and O–H groups in total. The first-order valence-electron chi connectivity index (χ1n) is 7.68. The Kier molecular flexibility index (Phi) is 4.27. The van der Waals surface area contributed by atoms with E-state index in [0.29, 0.717) is 16.3 Å². The number of carbonyl (C=O) groups is 2. The van der Waals surface area contributed by atoms with E-state index in [1.165, 1.54) is 11.8 Å². The molecular formula is C18H13ClN2O2S2. The molecule has 2 aromatic carbocycles. The lowest BCUT2D eigenvalue weighted by Gasteiger charge is -2.05. The summed E-state index contributed by atoms with van der Waals surface area (Å²) in [4.78, 5) is 28.7. The van der Waals surface area contributed by atoms with Crippen molar-refractivity contribution >= 4 is 62.3 Å². The van der Waals surface area contributed by atoms with Crippen LogP contribution in [-0.4, -0.2) is 22.4 Å². The van der Waals surface area contributed by atoms with Gasteiger partial charge in [0.1, 0.15) is 0 Å². The Morgan fingerprint density at radius 2 is 2.16 bits per heavy atom. The first-order chi connectivity index (χ1) is 12.0. The number of ketones is 1. The second-order valence-corrected chi connectivity index (χ2v) is 8.51. The second-order valence-electron chi connectivity index (χ2n) is 5.82. The van der Waals surface area contributed by atoms with Gasteiger partial charge in [0.25, 0.3) is 0 Å². The summed E-state index contributed by atoms with van der Waals surface area (Å²) in [6, 6.07) is 11.0. The van der Waals surface area contributed by atoms with Crippen molar-refractivity contribution in [3.63, 3.8) is 0 Å². The topological polar surface area (TPSA) is 59.1 Å². The second kappa shape index (κ2) is 6.44. The number of nitrogens with one attached hydrogen (secondary N) is 1. The van der Waals surface area contributed by atoms with Gasteiger partial charge in [-0.15, -0.1) is 11.3 Å². The summed E-state index contributed by atoms with van der Waals surface area (Å²) in [6.07, 6.45) is 0. The van der Waals surface area contributed by atoms with E-state index in [9.17, 15) is 9.59 Å². The minimum absolute atomic E-state index is 0.0247. The molecule has 0 spiro atoms. The molecule has 4 nitrogen and oxygen atoms in total. The average molecular weight is 389 g/mol. The van der Waals surface area contributed by atoms with Crippen molar-refractivity contribution in [1.29, 1.82) is 0 Å². The summed E-state index contributed by atoms with van der Waals surface area (Å²) < 4.78 is 1.90. The molecular weight excluding hydrogens is 376 g/mol. The van der Waals surface area contributed by atoms with Crippen molar-refractivity contribution in [3.8, 4) is 0 Å². The molecule has 1 aromatic heterocycles.